The van der Waals surface area contributed by atoms with Gasteiger partial charge in [0.25, 0.3) is 0 Å². The lowest BCUT2D eigenvalue weighted by Gasteiger charge is -2.57. The standard InChI is InChI=1S/C16H18BrNO3/c17-13-4-12(5-14(15(13)19)18(20)21)16-6-9-1-10(7-16)3-11(2-9)8-16/h4-5,9-11,19H,1-3,6-8H2. The number of nitro groups is 1. The monoisotopic (exact) mass is 351 g/mol. The van der Waals surface area contributed by atoms with Crippen molar-refractivity contribution in [1.82, 2.24) is 0 Å². The molecule has 1 aromatic rings. The van der Waals surface area contributed by atoms with Gasteiger partial charge < -0.3 is 5.11 Å². The molecule has 1 N–H and O–H groups in total. The SMILES string of the molecule is O=[N+]([O-])c1cc(C23CC4CC(CC(C4)C2)C3)cc(Br)c1O. The molecule has 5 heteroatoms. The number of hydrogen-bond donors (Lipinski definition) is 1. The Morgan fingerprint density at radius 3 is 2.14 bits per heavy atom. The fraction of sp³-hybridized carbons (Fsp3) is 0.625. The summed E-state index contributed by atoms with van der Waals surface area (Å²) in [6, 6.07) is 3.53. The van der Waals surface area contributed by atoms with Crippen LogP contribution < -0.4 is 0 Å². The topological polar surface area (TPSA) is 63.4 Å². The summed E-state index contributed by atoms with van der Waals surface area (Å²) in [5.74, 6) is 2.13. The molecule has 4 aliphatic rings. The van der Waals surface area contributed by atoms with Crippen LogP contribution in [0.25, 0.3) is 0 Å². The summed E-state index contributed by atoms with van der Waals surface area (Å²) in [6.45, 7) is 0. The highest BCUT2D eigenvalue weighted by atomic mass is 79.9. The summed E-state index contributed by atoms with van der Waals surface area (Å²) in [5.41, 5.74) is 0.989. The van der Waals surface area contributed by atoms with Crippen molar-refractivity contribution in [3.05, 3.63) is 32.3 Å². The van der Waals surface area contributed by atoms with Crippen molar-refractivity contribution in [3.63, 3.8) is 0 Å². The van der Waals surface area contributed by atoms with Gasteiger partial charge in [0.05, 0.1) is 9.40 Å². The molecule has 4 bridgehead atoms. The molecular weight excluding hydrogens is 334 g/mol. The minimum Gasteiger partial charge on any atom is -0.501 e. The van der Waals surface area contributed by atoms with Crippen LogP contribution in [0.15, 0.2) is 16.6 Å². The van der Waals surface area contributed by atoms with Gasteiger partial charge in [-0.15, -0.1) is 0 Å². The molecule has 4 saturated carbocycles. The van der Waals surface area contributed by atoms with Crippen LogP contribution in [0.1, 0.15) is 44.1 Å². The van der Waals surface area contributed by atoms with E-state index in [2.05, 4.69) is 15.9 Å². The number of rotatable bonds is 2. The summed E-state index contributed by atoms with van der Waals surface area (Å²) < 4.78 is 0.447. The van der Waals surface area contributed by atoms with E-state index >= 15 is 0 Å². The van der Waals surface area contributed by atoms with E-state index in [1.165, 1.54) is 19.3 Å². The minimum atomic E-state index is -0.482. The second kappa shape index (κ2) is 4.45. The van der Waals surface area contributed by atoms with Crippen molar-refractivity contribution in [2.45, 2.75) is 43.9 Å². The summed E-state index contributed by atoms with van der Waals surface area (Å²) >= 11 is 3.29. The Bertz CT molecular complexity index is 593. The first-order valence-corrected chi connectivity index (χ1v) is 8.43. The highest BCUT2D eigenvalue weighted by Gasteiger charge is 2.52. The lowest BCUT2D eigenvalue weighted by atomic mass is 9.48. The van der Waals surface area contributed by atoms with Crippen molar-refractivity contribution in [2.24, 2.45) is 17.8 Å². The zero-order valence-electron chi connectivity index (χ0n) is 11.7. The van der Waals surface area contributed by atoms with Gasteiger partial charge in [0, 0.05) is 6.07 Å². The van der Waals surface area contributed by atoms with Crippen LogP contribution in [0.3, 0.4) is 0 Å². The third kappa shape index (κ3) is 2.00. The van der Waals surface area contributed by atoms with Crippen LogP contribution in [0, 0.1) is 27.9 Å². The van der Waals surface area contributed by atoms with E-state index in [0.717, 1.165) is 42.6 Å². The second-order valence-corrected chi connectivity index (χ2v) is 8.14. The molecule has 112 valence electrons. The van der Waals surface area contributed by atoms with E-state index in [9.17, 15) is 15.2 Å². The quantitative estimate of drug-likeness (QED) is 0.628. The minimum absolute atomic E-state index is 0.107. The third-order valence-corrected chi connectivity index (χ3v) is 6.50. The first kappa shape index (κ1) is 13.6. The van der Waals surface area contributed by atoms with Crippen molar-refractivity contribution in [3.8, 4) is 5.75 Å². The van der Waals surface area contributed by atoms with Crippen molar-refractivity contribution >= 4 is 21.6 Å². The average Bonchev–Trinajstić information content (AvgIpc) is 2.39. The van der Waals surface area contributed by atoms with Crippen LogP contribution in [-0.4, -0.2) is 10.0 Å². The number of hydrogen-bond acceptors (Lipinski definition) is 3. The Morgan fingerprint density at radius 1 is 1.14 bits per heavy atom. The van der Waals surface area contributed by atoms with E-state index < -0.39 is 4.92 Å². The molecule has 0 heterocycles. The van der Waals surface area contributed by atoms with Crippen molar-refractivity contribution in [2.75, 3.05) is 0 Å². The smallest absolute Gasteiger partial charge is 0.312 e. The zero-order chi connectivity index (χ0) is 14.8. The van der Waals surface area contributed by atoms with Crippen LogP contribution in [0.4, 0.5) is 5.69 Å². The predicted octanol–water partition coefficient (Wildman–Crippen LogP) is 4.53. The Balaban J connectivity index is 1.81. The lowest BCUT2D eigenvalue weighted by Crippen LogP contribution is -2.48. The maximum absolute atomic E-state index is 11.2. The first-order chi connectivity index (χ1) is 9.97. The number of phenols is 1. The molecule has 0 saturated heterocycles. The zero-order valence-corrected chi connectivity index (χ0v) is 13.3. The maximum atomic E-state index is 11.2. The van der Waals surface area contributed by atoms with E-state index in [-0.39, 0.29) is 16.9 Å². The van der Waals surface area contributed by atoms with Gasteiger partial charge in [0.1, 0.15) is 0 Å². The summed E-state index contributed by atoms with van der Waals surface area (Å²) in [7, 11) is 0. The fourth-order valence-corrected chi connectivity index (χ4v) is 5.94. The van der Waals surface area contributed by atoms with E-state index in [1.807, 2.05) is 6.07 Å². The molecule has 0 aliphatic heterocycles. The molecule has 21 heavy (non-hydrogen) atoms. The number of halogens is 1. The molecule has 4 aliphatic carbocycles. The van der Waals surface area contributed by atoms with E-state index in [4.69, 9.17) is 0 Å². The Kier molecular flexibility index (Phi) is 2.87. The second-order valence-electron chi connectivity index (χ2n) is 7.28. The molecule has 1 aromatic carbocycles. The van der Waals surface area contributed by atoms with Gasteiger partial charge in [0.15, 0.2) is 0 Å². The Labute approximate surface area is 131 Å². The van der Waals surface area contributed by atoms with Gasteiger partial charge in [-0.1, -0.05) is 0 Å². The van der Waals surface area contributed by atoms with Crippen LogP contribution >= 0.6 is 15.9 Å². The van der Waals surface area contributed by atoms with Gasteiger partial charge >= 0.3 is 5.69 Å². The average molecular weight is 352 g/mol. The normalized spacial score (nSPS) is 36.9. The molecule has 0 aromatic heterocycles. The first-order valence-electron chi connectivity index (χ1n) is 7.64. The molecule has 5 rings (SSSR count). The third-order valence-electron chi connectivity index (χ3n) is 5.89. The molecule has 0 unspecified atom stereocenters. The Morgan fingerprint density at radius 2 is 1.67 bits per heavy atom. The highest BCUT2D eigenvalue weighted by Crippen LogP contribution is 2.61. The largest absolute Gasteiger partial charge is 0.501 e. The van der Waals surface area contributed by atoms with Crippen LogP contribution in [0.5, 0.6) is 5.75 Å². The lowest BCUT2D eigenvalue weighted by molar-refractivity contribution is -0.386. The van der Waals surface area contributed by atoms with Gasteiger partial charge in [0.2, 0.25) is 5.75 Å². The van der Waals surface area contributed by atoms with Gasteiger partial charge in [-0.25, -0.2) is 0 Å². The van der Waals surface area contributed by atoms with Gasteiger partial charge in [-0.05, 0) is 89.3 Å². The molecule has 0 amide bonds. The molecular formula is C16H18BrNO3. The van der Waals surface area contributed by atoms with Crippen molar-refractivity contribution < 1.29 is 10.0 Å². The number of phenolic OH excluding ortho intramolecular Hbond substituents is 1. The fourth-order valence-electron chi connectivity index (χ4n) is 5.49. The summed E-state index contributed by atoms with van der Waals surface area (Å²) in [5, 5.41) is 21.1. The number of nitro benzene ring substituents is 1. The Hall–Kier alpha value is -1.10. The van der Waals surface area contributed by atoms with Gasteiger partial charge in [-0.3, -0.25) is 10.1 Å². The predicted molar refractivity (Wildman–Crippen MR) is 82.3 cm³/mol. The van der Waals surface area contributed by atoms with E-state index in [0.29, 0.717) is 4.47 Å². The number of nitrogens with zero attached hydrogens (tertiary/aromatic N) is 1. The summed E-state index contributed by atoms with van der Waals surface area (Å²) in [4.78, 5) is 10.7. The van der Waals surface area contributed by atoms with E-state index in [1.54, 1.807) is 6.07 Å². The maximum Gasteiger partial charge on any atom is 0.312 e. The highest BCUT2D eigenvalue weighted by molar-refractivity contribution is 9.10. The number of benzene rings is 1. The van der Waals surface area contributed by atoms with Gasteiger partial charge in [-0.2, -0.15) is 0 Å². The molecule has 0 radical (unpaired) electrons. The molecule has 4 fully saturated rings. The molecule has 0 atom stereocenters. The van der Waals surface area contributed by atoms with Crippen LogP contribution in [-0.2, 0) is 5.41 Å². The van der Waals surface area contributed by atoms with Crippen LogP contribution in [0.2, 0.25) is 0 Å². The molecule has 0 spiro atoms. The summed E-state index contributed by atoms with van der Waals surface area (Å²) in [6.07, 6.45) is 7.52. The number of aromatic hydroxyl groups is 1. The molecule has 4 nitrogen and oxygen atoms in total. The van der Waals surface area contributed by atoms with Crippen molar-refractivity contribution in [1.29, 1.82) is 0 Å².